The van der Waals surface area contributed by atoms with Crippen molar-refractivity contribution in [2.24, 2.45) is 0 Å². The van der Waals surface area contributed by atoms with E-state index in [1.54, 1.807) is 29.7 Å². The molecule has 6 nitrogen and oxygen atoms in total. The molecule has 1 amide bonds. The van der Waals surface area contributed by atoms with Gasteiger partial charge in [0.15, 0.2) is 0 Å². The van der Waals surface area contributed by atoms with Crippen LogP contribution in [0.15, 0.2) is 41.2 Å². The first-order valence-electron chi connectivity index (χ1n) is 8.14. The van der Waals surface area contributed by atoms with Crippen LogP contribution in [-0.2, 0) is 0 Å². The van der Waals surface area contributed by atoms with E-state index >= 15 is 0 Å². The summed E-state index contributed by atoms with van der Waals surface area (Å²) in [4.78, 5) is 26.6. The molecule has 0 unspecified atom stereocenters. The van der Waals surface area contributed by atoms with E-state index in [1.807, 2.05) is 27.8 Å². The van der Waals surface area contributed by atoms with Gasteiger partial charge in [0.05, 0.1) is 16.5 Å². The molecule has 0 aromatic carbocycles. The van der Waals surface area contributed by atoms with Crippen LogP contribution in [-0.4, -0.2) is 47.0 Å². The maximum absolute atomic E-state index is 12.7. The molecule has 26 heavy (non-hydrogen) atoms. The Hall–Kier alpha value is -2.76. The van der Waals surface area contributed by atoms with Gasteiger partial charge in [0.2, 0.25) is 0 Å². The normalized spacial score (nSPS) is 14.3. The minimum Gasteiger partial charge on any atom is -0.353 e. The molecule has 0 aliphatic carbocycles. The first-order chi connectivity index (χ1) is 12.7. The Morgan fingerprint density at radius 2 is 2.04 bits per heavy atom. The quantitative estimate of drug-likeness (QED) is 0.697. The van der Waals surface area contributed by atoms with Gasteiger partial charge in [-0.1, -0.05) is 6.07 Å². The van der Waals surface area contributed by atoms with Crippen molar-refractivity contribution in [2.75, 3.05) is 31.1 Å². The molecule has 0 radical (unpaired) electrons. The molecule has 0 N–H and O–H groups in total. The number of thiophene rings is 1. The molecule has 0 atom stereocenters. The molecular formula is C18H15N5OS2. The van der Waals surface area contributed by atoms with E-state index in [-0.39, 0.29) is 5.91 Å². The molecule has 1 fully saturated rings. The Morgan fingerprint density at radius 1 is 1.19 bits per heavy atom. The SMILES string of the molecule is N#Cc1ccnc(N2CCN(C(=O)c3csc(-c4cccs4)n3)CC2)c1. The standard InChI is InChI=1S/C18H15N5OS2/c19-11-13-3-4-20-16(10-13)22-5-7-23(8-6-22)18(24)14-12-26-17(21-14)15-2-1-9-25-15/h1-4,9-10,12H,5-8H2. The van der Waals surface area contributed by atoms with Crippen molar-refractivity contribution in [3.63, 3.8) is 0 Å². The predicted octanol–water partition coefficient (Wildman–Crippen LogP) is 3.10. The zero-order valence-electron chi connectivity index (χ0n) is 13.8. The van der Waals surface area contributed by atoms with E-state index in [0.29, 0.717) is 37.4 Å². The molecule has 1 aliphatic rings. The number of carbonyl (C=O) groups excluding carboxylic acids is 1. The van der Waals surface area contributed by atoms with E-state index < -0.39 is 0 Å². The summed E-state index contributed by atoms with van der Waals surface area (Å²) in [6.45, 7) is 2.61. The fourth-order valence-electron chi connectivity index (χ4n) is 2.85. The monoisotopic (exact) mass is 381 g/mol. The number of thiazole rings is 1. The van der Waals surface area contributed by atoms with Crippen LogP contribution < -0.4 is 4.90 Å². The van der Waals surface area contributed by atoms with Crippen LogP contribution in [0.2, 0.25) is 0 Å². The van der Waals surface area contributed by atoms with Gasteiger partial charge in [-0.25, -0.2) is 9.97 Å². The smallest absolute Gasteiger partial charge is 0.273 e. The number of aromatic nitrogens is 2. The summed E-state index contributed by atoms with van der Waals surface area (Å²) in [7, 11) is 0. The Labute approximate surface area is 159 Å². The van der Waals surface area contributed by atoms with Gasteiger partial charge in [-0.05, 0) is 23.6 Å². The molecule has 1 saturated heterocycles. The fraction of sp³-hybridized carbons (Fsp3) is 0.222. The predicted molar refractivity (Wildman–Crippen MR) is 102 cm³/mol. The van der Waals surface area contributed by atoms with Crippen molar-refractivity contribution in [1.29, 1.82) is 5.26 Å². The highest BCUT2D eigenvalue weighted by Crippen LogP contribution is 2.28. The van der Waals surface area contributed by atoms with Crippen molar-refractivity contribution in [2.45, 2.75) is 0 Å². The average Bonchev–Trinajstić information content (AvgIpc) is 3.39. The van der Waals surface area contributed by atoms with Gasteiger partial charge in [-0.3, -0.25) is 4.79 Å². The summed E-state index contributed by atoms with van der Waals surface area (Å²) in [5.74, 6) is 0.757. The zero-order valence-corrected chi connectivity index (χ0v) is 15.5. The van der Waals surface area contributed by atoms with E-state index in [1.165, 1.54) is 11.3 Å². The Morgan fingerprint density at radius 3 is 2.77 bits per heavy atom. The van der Waals surface area contributed by atoms with Gasteiger partial charge in [-0.15, -0.1) is 22.7 Å². The molecule has 1 aliphatic heterocycles. The molecule has 4 rings (SSSR count). The maximum atomic E-state index is 12.7. The van der Waals surface area contributed by atoms with Gasteiger partial charge in [-0.2, -0.15) is 5.26 Å². The minimum absolute atomic E-state index is 0.0255. The summed E-state index contributed by atoms with van der Waals surface area (Å²) in [5, 5.41) is 13.7. The first-order valence-corrected chi connectivity index (χ1v) is 9.90. The number of hydrogen-bond acceptors (Lipinski definition) is 7. The van der Waals surface area contributed by atoms with Crippen LogP contribution in [0.25, 0.3) is 9.88 Å². The second-order valence-electron chi connectivity index (χ2n) is 5.81. The Balaban J connectivity index is 1.41. The number of rotatable bonds is 3. The van der Waals surface area contributed by atoms with Crippen LogP contribution in [0.3, 0.4) is 0 Å². The second kappa shape index (κ2) is 7.23. The molecule has 4 heterocycles. The highest BCUT2D eigenvalue weighted by Gasteiger charge is 2.24. The average molecular weight is 381 g/mol. The van der Waals surface area contributed by atoms with Crippen molar-refractivity contribution in [1.82, 2.24) is 14.9 Å². The lowest BCUT2D eigenvalue weighted by Gasteiger charge is -2.35. The second-order valence-corrected chi connectivity index (χ2v) is 7.61. The van der Waals surface area contributed by atoms with Gasteiger partial charge in [0.1, 0.15) is 16.5 Å². The third-order valence-electron chi connectivity index (χ3n) is 4.22. The topological polar surface area (TPSA) is 73.1 Å². The maximum Gasteiger partial charge on any atom is 0.273 e. The van der Waals surface area contributed by atoms with Crippen molar-refractivity contribution in [3.05, 3.63) is 52.5 Å². The minimum atomic E-state index is -0.0255. The largest absolute Gasteiger partial charge is 0.353 e. The first kappa shape index (κ1) is 16.7. The summed E-state index contributed by atoms with van der Waals surface area (Å²) < 4.78 is 0. The number of nitrogens with zero attached hydrogens (tertiary/aromatic N) is 5. The van der Waals surface area contributed by atoms with Gasteiger partial charge in [0, 0.05) is 37.8 Å². The third kappa shape index (κ3) is 3.31. The van der Waals surface area contributed by atoms with Crippen LogP contribution in [0, 0.1) is 11.3 Å². The van der Waals surface area contributed by atoms with Crippen molar-refractivity contribution < 1.29 is 4.79 Å². The lowest BCUT2D eigenvalue weighted by molar-refractivity contribution is 0.0741. The van der Waals surface area contributed by atoms with Gasteiger partial charge >= 0.3 is 0 Å². The summed E-state index contributed by atoms with van der Waals surface area (Å²) >= 11 is 3.13. The number of anilines is 1. The van der Waals surface area contributed by atoms with E-state index in [2.05, 4.69) is 20.9 Å². The lowest BCUT2D eigenvalue weighted by atomic mass is 10.2. The van der Waals surface area contributed by atoms with E-state index in [9.17, 15) is 4.79 Å². The Kier molecular flexibility index (Phi) is 4.65. The molecule has 0 saturated carbocycles. The third-order valence-corrected chi connectivity index (χ3v) is 6.10. The Bertz CT molecular complexity index is 952. The van der Waals surface area contributed by atoms with Crippen LogP contribution >= 0.6 is 22.7 Å². The highest BCUT2D eigenvalue weighted by molar-refractivity contribution is 7.20. The molecule has 0 bridgehead atoms. The van der Waals surface area contributed by atoms with Crippen molar-refractivity contribution in [3.8, 4) is 16.0 Å². The number of piperazine rings is 1. The van der Waals surface area contributed by atoms with E-state index in [4.69, 9.17) is 5.26 Å². The van der Waals surface area contributed by atoms with Crippen LogP contribution in [0.5, 0.6) is 0 Å². The number of pyridine rings is 1. The van der Waals surface area contributed by atoms with Crippen LogP contribution in [0.1, 0.15) is 16.1 Å². The number of carbonyl (C=O) groups is 1. The number of amides is 1. The van der Waals surface area contributed by atoms with Crippen LogP contribution in [0.4, 0.5) is 5.82 Å². The highest BCUT2D eigenvalue weighted by atomic mass is 32.1. The lowest BCUT2D eigenvalue weighted by Crippen LogP contribution is -2.49. The molecule has 3 aromatic rings. The fourth-order valence-corrected chi connectivity index (χ4v) is 4.45. The van der Waals surface area contributed by atoms with Gasteiger partial charge in [0.25, 0.3) is 5.91 Å². The molecule has 130 valence electrons. The molecular weight excluding hydrogens is 366 g/mol. The van der Waals surface area contributed by atoms with Crippen molar-refractivity contribution >= 4 is 34.4 Å². The van der Waals surface area contributed by atoms with Gasteiger partial charge < -0.3 is 9.80 Å². The number of hydrogen-bond donors (Lipinski definition) is 0. The zero-order chi connectivity index (χ0) is 17.9. The van der Waals surface area contributed by atoms with E-state index in [0.717, 1.165) is 15.7 Å². The summed E-state index contributed by atoms with van der Waals surface area (Å²) in [5.41, 5.74) is 1.11. The molecule has 3 aromatic heterocycles. The molecule has 8 heteroatoms. The molecule has 0 spiro atoms. The summed E-state index contributed by atoms with van der Waals surface area (Å²) in [6.07, 6.45) is 1.65. The number of nitriles is 1. The summed E-state index contributed by atoms with van der Waals surface area (Å²) in [6, 6.07) is 9.60.